The van der Waals surface area contributed by atoms with Gasteiger partial charge in [0.05, 0.1) is 25.1 Å². The fourth-order valence-electron chi connectivity index (χ4n) is 3.60. The number of aromatic nitrogens is 4. The Hall–Kier alpha value is -3.19. The molecule has 0 aliphatic carbocycles. The molecule has 2 aromatic heterocycles. The quantitative estimate of drug-likeness (QED) is 0.263. The zero-order valence-electron chi connectivity index (χ0n) is 21.0. The third-order valence-corrected chi connectivity index (χ3v) is 5.28. The van der Waals surface area contributed by atoms with Gasteiger partial charge in [-0.1, -0.05) is 12.0 Å². The van der Waals surface area contributed by atoms with E-state index < -0.39 is 41.8 Å². The fraction of sp³-hybridized carbons (Fsp3) is 0.667. The Labute approximate surface area is 212 Å². The van der Waals surface area contributed by atoms with Crippen LogP contribution in [0.3, 0.4) is 0 Å². The molecule has 1 aliphatic rings. The van der Waals surface area contributed by atoms with E-state index in [-0.39, 0.29) is 34.8 Å². The van der Waals surface area contributed by atoms with Crippen molar-refractivity contribution in [3.05, 3.63) is 22.1 Å². The molecule has 14 nitrogen and oxygen atoms in total. The number of fused-ring (bicyclic) bond motifs is 1. The van der Waals surface area contributed by atoms with Crippen molar-refractivity contribution in [2.24, 2.45) is 11.0 Å². The molecule has 2 amide bonds. The number of carbonyl (C=O) groups is 2. The van der Waals surface area contributed by atoms with Crippen LogP contribution >= 0.6 is 11.6 Å². The zero-order valence-corrected chi connectivity index (χ0v) is 21.8. The van der Waals surface area contributed by atoms with Gasteiger partial charge in [0.25, 0.3) is 0 Å². The van der Waals surface area contributed by atoms with E-state index in [4.69, 9.17) is 31.3 Å². The highest BCUT2D eigenvalue weighted by atomic mass is 35.5. The van der Waals surface area contributed by atoms with E-state index in [1.807, 2.05) is 0 Å². The Bertz CT molecular complexity index is 1170. The first-order valence-electron chi connectivity index (χ1n) is 11.1. The summed E-state index contributed by atoms with van der Waals surface area (Å²) < 4.78 is 18.2. The smallest absolute Gasteiger partial charge is 0.425 e. The standard InChI is InChI=1S/C21H29ClN8O6/c1-10-11(8-31)34-16(12(10)27-28-23)29-9-24-13-14(29)25-17(22)26-15(13)30(18(32)35-20(2,3)4)19(33)36-21(5,6)7/h9-12,16,31H,8H2,1-7H3/t10-,11-,12-,16-/m1/s1. The number of hydrogen-bond donors (Lipinski definition) is 1. The number of anilines is 1. The number of carbonyl (C=O) groups excluding carboxylic acids is 2. The number of rotatable bonds is 4. The summed E-state index contributed by atoms with van der Waals surface area (Å²) >= 11 is 6.20. The van der Waals surface area contributed by atoms with Gasteiger partial charge >= 0.3 is 12.2 Å². The molecule has 1 saturated heterocycles. The van der Waals surface area contributed by atoms with E-state index in [1.165, 1.54) is 10.9 Å². The van der Waals surface area contributed by atoms with Crippen LogP contribution in [0.25, 0.3) is 21.6 Å². The lowest BCUT2D eigenvalue weighted by molar-refractivity contribution is -0.0298. The maximum absolute atomic E-state index is 13.1. The van der Waals surface area contributed by atoms with Crippen molar-refractivity contribution in [2.75, 3.05) is 11.5 Å². The van der Waals surface area contributed by atoms with Gasteiger partial charge in [-0.05, 0) is 64.6 Å². The van der Waals surface area contributed by atoms with Crippen molar-refractivity contribution in [3.63, 3.8) is 0 Å². The summed E-state index contributed by atoms with van der Waals surface area (Å²) in [5.41, 5.74) is 7.28. The van der Waals surface area contributed by atoms with Crippen LogP contribution in [-0.4, -0.2) is 66.8 Å². The van der Waals surface area contributed by atoms with Gasteiger partial charge in [0, 0.05) is 4.91 Å². The van der Waals surface area contributed by atoms with E-state index in [9.17, 15) is 14.7 Å². The monoisotopic (exact) mass is 524 g/mol. The number of aliphatic hydroxyl groups is 1. The normalized spacial score (nSPS) is 22.2. The molecule has 36 heavy (non-hydrogen) atoms. The molecule has 0 aromatic carbocycles. The van der Waals surface area contributed by atoms with E-state index >= 15 is 0 Å². The molecule has 3 rings (SSSR count). The predicted octanol–water partition coefficient (Wildman–Crippen LogP) is 4.36. The lowest BCUT2D eigenvalue weighted by Gasteiger charge is -2.28. The van der Waals surface area contributed by atoms with Crippen LogP contribution in [0.2, 0.25) is 5.28 Å². The second-order valence-electron chi connectivity index (χ2n) is 10.2. The van der Waals surface area contributed by atoms with E-state index in [0.29, 0.717) is 4.90 Å². The van der Waals surface area contributed by atoms with Gasteiger partial charge in [0.1, 0.15) is 17.4 Å². The van der Waals surface area contributed by atoms with Gasteiger partial charge in [-0.15, -0.1) is 0 Å². The molecular formula is C21H29ClN8O6. The van der Waals surface area contributed by atoms with Crippen LogP contribution in [0.1, 0.15) is 54.7 Å². The molecule has 1 N–H and O–H groups in total. The predicted molar refractivity (Wildman–Crippen MR) is 128 cm³/mol. The fourth-order valence-corrected chi connectivity index (χ4v) is 3.76. The number of imide groups is 1. The first-order valence-corrected chi connectivity index (χ1v) is 11.5. The minimum absolute atomic E-state index is 0.0134. The van der Waals surface area contributed by atoms with Crippen LogP contribution in [-0.2, 0) is 14.2 Å². The number of ether oxygens (including phenoxy) is 3. The lowest BCUT2D eigenvalue weighted by Crippen LogP contribution is -2.44. The SMILES string of the molecule is C[C@H]1[C@@H](N=[N+]=[N-])[C@H](n2cnc3c(N(C(=O)OC(C)(C)C)C(=O)OC(C)(C)C)nc(Cl)nc32)O[C@@H]1CO. The largest absolute Gasteiger partial charge is 0.443 e. The minimum Gasteiger partial charge on any atom is -0.443 e. The number of azide groups is 1. The van der Waals surface area contributed by atoms with Crippen molar-refractivity contribution >= 4 is 40.8 Å². The Morgan fingerprint density at radius 3 is 2.31 bits per heavy atom. The van der Waals surface area contributed by atoms with Crippen molar-refractivity contribution in [1.29, 1.82) is 0 Å². The minimum atomic E-state index is -1.06. The first kappa shape index (κ1) is 27.4. The average Bonchev–Trinajstić information content (AvgIpc) is 3.26. The van der Waals surface area contributed by atoms with E-state index in [1.54, 1.807) is 48.5 Å². The van der Waals surface area contributed by atoms with Gasteiger partial charge in [-0.3, -0.25) is 4.57 Å². The summed E-state index contributed by atoms with van der Waals surface area (Å²) in [5, 5.41) is 13.2. The molecule has 0 saturated carbocycles. The molecule has 15 heteroatoms. The topological polar surface area (TPSA) is 178 Å². The Morgan fingerprint density at radius 1 is 1.22 bits per heavy atom. The maximum atomic E-state index is 13.1. The molecule has 2 aromatic rings. The first-order chi connectivity index (χ1) is 16.7. The maximum Gasteiger partial charge on any atom is 0.425 e. The van der Waals surface area contributed by atoms with Crippen LogP contribution in [0, 0.1) is 5.92 Å². The summed E-state index contributed by atoms with van der Waals surface area (Å²) in [4.78, 5) is 42.3. The number of amides is 2. The third-order valence-electron chi connectivity index (χ3n) is 5.11. The number of imidazole rings is 1. The van der Waals surface area contributed by atoms with Crippen molar-refractivity contribution in [2.45, 2.75) is 78.0 Å². The summed E-state index contributed by atoms with van der Waals surface area (Å²) in [6.45, 7) is 11.3. The highest BCUT2D eigenvalue weighted by molar-refractivity contribution is 6.29. The molecule has 0 radical (unpaired) electrons. The summed E-state index contributed by atoms with van der Waals surface area (Å²) in [6, 6.07) is -0.713. The van der Waals surface area contributed by atoms with Gasteiger partial charge in [0.2, 0.25) is 5.28 Å². The third kappa shape index (κ3) is 5.78. The highest BCUT2D eigenvalue weighted by Crippen LogP contribution is 2.38. The molecule has 4 atom stereocenters. The van der Waals surface area contributed by atoms with Crippen LogP contribution in [0.15, 0.2) is 11.4 Å². The van der Waals surface area contributed by atoms with Crippen LogP contribution in [0.5, 0.6) is 0 Å². The zero-order chi connectivity index (χ0) is 27.0. The number of halogens is 1. The van der Waals surface area contributed by atoms with Gasteiger partial charge < -0.3 is 19.3 Å². The molecule has 196 valence electrons. The molecule has 0 spiro atoms. The van der Waals surface area contributed by atoms with Crippen molar-refractivity contribution < 1.29 is 28.9 Å². The molecule has 3 heterocycles. The summed E-state index contributed by atoms with van der Waals surface area (Å²) in [6.07, 6.45) is -2.28. The van der Waals surface area contributed by atoms with Crippen molar-refractivity contribution in [1.82, 2.24) is 19.5 Å². The van der Waals surface area contributed by atoms with Gasteiger partial charge in [0.15, 0.2) is 17.0 Å². The van der Waals surface area contributed by atoms with E-state index in [2.05, 4.69) is 25.0 Å². The lowest BCUT2D eigenvalue weighted by atomic mass is 9.99. The second kappa shape index (κ2) is 10.1. The number of nitrogens with zero attached hydrogens (tertiary/aromatic N) is 8. The molecule has 1 aliphatic heterocycles. The Balaban J connectivity index is 2.17. The summed E-state index contributed by atoms with van der Waals surface area (Å²) in [7, 11) is 0. The van der Waals surface area contributed by atoms with Gasteiger partial charge in [-0.2, -0.15) is 14.9 Å². The van der Waals surface area contributed by atoms with Crippen molar-refractivity contribution in [3.8, 4) is 0 Å². The Kier molecular flexibility index (Phi) is 7.65. The number of hydrogen-bond acceptors (Lipinski definition) is 10. The second-order valence-corrected chi connectivity index (χ2v) is 10.6. The molecule has 0 unspecified atom stereocenters. The van der Waals surface area contributed by atoms with Crippen LogP contribution in [0.4, 0.5) is 15.4 Å². The number of aliphatic hydroxyl groups excluding tert-OH is 1. The highest BCUT2D eigenvalue weighted by Gasteiger charge is 2.43. The molecular weight excluding hydrogens is 496 g/mol. The summed E-state index contributed by atoms with van der Waals surface area (Å²) in [5.74, 6) is -0.595. The average molecular weight is 525 g/mol. The van der Waals surface area contributed by atoms with Gasteiger partial charge in [-0.25, -0.2) is 14.6 Å². The Morgan fingerprint density at radius 2 is 1.81 bits per heavy atom. The molecule has 0 bridgehead atoms. The van der Waals surface area contributed by atoms with E-state index in [0.717, 1.165) is 0 Å². The molecule has 1 fully saturated rings. The van der Waals surface area contributed by atoms with Crippen LogP contribution < -0.4 is 4.90 Å².